The van der Waals surface area contributed by atoms with Gasteiger partial charge >= 0.3 is 0 Å². The van der Waals surface area contributed by atoms with Gasteiger partial charge in [0.25, 0.3) is 0 Å². The second-order valence-electron chi connectivity index (χ2n) is 3.76. The average Bonchev–Trinajstić information content (AvgIpc) is 1.80. The molecule has 0 rings (SSSR count). The van der Waals surface area contributed by atoms with E-state index in [0.29, 0.717) is 6.54 Å². The number of rotatable bonds is 6. The third-order valence-electron chi connectivity index (χ3n) is 1.43. The number of carbonyl (C=O) groups is 1. The number of Topliss-reactive ketones (excluding diaryl/α,β-unsaturated/α-hetero) is 1. The minimum absolute atomic E-state index is 0.183. The van der Waals surface area contributed by atoms with Crippen LogP contribution in [-0.2, 0) is 4.79 Å². The molecule has 0 amide bonds. The molecule has 0 fully saturated rings. The lowest BCUT2D eigenvalue weighted by Crippen LogP contribution is -2.31. The molecule has 0 aromatic carbocycles. The number of carbonyl (C=O) groups excluding carboxylic acids is 1. The standard InChI is InChI=1S/C11H19NO/c1-9(2)6-12(7-10(3)4)8-11(5)13/h1,3,6-8H2,2,4-5H3. The fourth-order valence-electron chi connectivity index (χ4n) is 1.25. The molecule has 0 aromatic rings. The van der Waals surface area contributed by atoms with E-state index < -0.39 is 0 Å². The number of ketones is 1. The van der Waals surface area contributed by atoms with Gasteiger partial charge in [0.1, 0.15) is 5.78 Å². The highest BCUT2D eigenvalue weighted by Gasteiger charge is 2.07. The van der Waals surface area contributed by atoms with Crippen molar-refractivity contribution in [3.63, 3.8) is 0 Å². The van der Waals surface area contributed by atoms with Gasteiger partial charge in [-0.3, -0.25) is 9.69 Å². The zero-order valence-corrected chi connectivity index (χ0v) is 8.89. The zero-order chi connectivity index (χ0) is 10.4. The van der Waals surface area contributed by atoms with Crippen LogP contribution in [0.3, 0.4) is 0 Å². The van der Waals surface area contributed by atoms with Gasteiger partial charge in [0.15, 0.2) is 0 Å². The molecule has 0 saturated carbocycles. The van der Waals surface area contributed by atoms with Crippen LogP contribution in [0, 0.1) is 0 Å². The van der Waals surface area contributed by atoms with E-state index in [-0.39, 0.29) is 5.78 Å². The molecule has 2 nitrogen and oxygen atoms in total. The summed E-state index contributed by atoms with van der Waals surface area (Å²) < 4.78 is 0. The Kier molecular flexibility index (Phi) is 5.31. The Morgan fingerprint density at radius 3 is 1.62 bits per heavy atom. The van der Waals surface area contributed by atoms with E-state index in [0.717, 1.165) is 24.2 Å². The summed E-state index contributed by atoms with van der Waals surface area (Å²) in [7, 11) is 0. The van der Waals surface area contributed by atoms with E-state index in [9.17, 15) is 4.79 Å². The topological polar surface area (TPSA) is 20.3 Å². The first-order valence-corrected chi connectivity index (χ1v) is 4.42. The van der Waals surface area contributed by atoms with E-state index in [2.05, 4.69) is 13.2 Å². The molecule has 0 aromatic heterocycles. The molecule has 0 radical (unpaired) electrons. The molecule has 0 unspecified atom stereocenters. The first-order valence-electron chi connectivity index (χ1n) is 4.42. The molecule has 13 heavy (non-hydrogen) atoms. The summed E-state index contributed by atoms with van der Waals surface area (Å²) in [5.74, 6) is 0.183. The summed E-state index contributed by atoms with van der Waals surface area (Å²) in [6.45, 7) is 15.2. The molecule has 0 saturated heterocycles. The molecule has 0 aliphatic carbocycles. The van der Waals surface area contributed by atoms with Crippen molar-refractivity contribution in [3.05, 3.63) is 24.3 Å². The van der Waals surface area contributed by atoms with Gasteiger partial charge in [0, 0.05) is 13.1 Å². The van der Waals surface area contributed by atoms with Crippen LogP contribution >= 0.6 is 0 Å². The maximum absolute atomic E-state index is 10.9. The lowest BCUT2D eigenvalue weighted by atomic mass is 10.2. The highest BCUT2D eigenvalue weighted by Crippen LogP contribution is 2.00. The maximum Gasteiger partial charge on any atom is 0.143 e. The fourth-order valence-corrected chi connectivity index (χ4v) is 1.25. The van der Waals surface area contributed by atoms with Crippen LogP contribution in [0.25, 0.3) is 0 Å². The summed E-state index contributed by atoms with van der Waals surface area (Å²) in [5.41, 5.74) is 2.14. The van der Waals surface area contributed by atoms with Crippen molar-refractivity contribution in [3.8, 4) is 0 Å². The molecule has 0 aliphatic heterocycles. The van der Waals surface area contributed by atoms with Gasteiger partial charge in [-0.2, -0.15) is 0 Å². The number of hydrogen-bond acceptors (Lipinski definition) is 2. The van der Waals surface area contributed by atoms with Crippen LogP contribution in [0.15, 0.2) is 24.3 Å². The Bertz CT molecular complexity index is 180. The zero-order valence-electron chi connectivity index (χ0n) is 8.89. The van der Waals surface area contributed by atoms with E-state index in [1.165, 1.54) is 0 Å². The second-order valence-corrected chi connectivity index (χ2v) is 3.76. The number of nitrogens with zero attached hydrogens (tertiary/aromatic N) is 1. The van der Waals surface area contributed by atoms with E-state index in [4.69, 9.17) is 0 Å². The van der Waals surface area contributed by atoms with Crippen LogP contribution in [-0.4, -0.2) is 30.3 Å². The fraction of sp³-hybridized carbons (Fsp3) is 0.545. The summed E-state index contributed by atoms with van der Waals surface area (Å²) >= 11 is 0. The van der Waals surface area contributed by atoms with Crippen molar-refractivity contribution < 1.29 is 4.79 Å². The minimum atomic E-state index is 0.183. The van der Waals surface area contributed by atoms with Crippen molar-refractivity contribution in [2.45, 2.75) is 20.8 Å². The Morgan fingerprint density at radius 1 is 1.00 bits per heavy atom. The van der Waals surface area contributed by atoms with E-state index in [1.807, 2.05) is 18.7 Å². The van der Waals surface area contributed by atoms with Gasteiger partial charge < -0.3 is 0 Å². The van der Waals surface area contributed by atoms with Crippen LogP contribution in [0.4, 0.5) is 0 Å². The molecule has 74 valence electrons. The first-order chi connectivity index (χ1) is 5.91. The predicted molar refractivity (Wildman–Crippen MR) is 56.7 cm³/mol. The maximum atomic E-state index is 10.9. The van der Waals surface area contributed by atoms with Crippen LogP contribution in [0.5, 0.6) is 0 Å². The van der Waals surface area contributed by atoms with Gasteiger partial charge in [-0.05, 0) is 20.8 Å². The minimum Gasteiger partial charge on any atom is -0.299 e. The monoisotopic (exact) mass is 181 g/mol. The molecule has 0 aliphatic rings. The van der Waals surface area contributed by atoms with Gasteiger partial charge in [0.05, 0.1) is 6.54 Å². The summed E-state index contributed by atoms with van der Waals surface area (Å²) in [4.78, 5) is 13.0. The van der Waals surface area contributed by atoms with Crippen molar-refractivity contribution in [1.82, 2.24) is 4.90 Å². The Labute approximate surface area is 80.9 Å². The van der Waals surface area contributed by atoms with Crippen LogP contribution in [0.2, 0.25) is 0 Å². The molecule has 0 N–H and O–H groups in total. The van der Waals surface area contributed by atoms with Crippen molar-refractivity contribution in [2.24, 2.45) is 0 Å². The molecular formula is C11H19NO. The molecule has 0 heterocycles. The van der Waals surface area contributed by atoms with E-state index in [1.54, 1.807) is 6.92 Å². The Hall–Kier alpha value is -0.890. The smallest absolute Gasteiger partial charge is 0.143 e. The molecule has 2 heteroatoms. The van der Waals surface area contributed by atoms with Crippen molar-refractivity contribution in [1.29, 1.82) is 0 Å². The van der Waals surface area contributed by atoms with Gasteiger partial charge in [-0.1, -0.05) is 24.3 Å². The van der Waals surface area contributed by atoms with Gasteiger partial charge in [-0.15, -0.1) is 0 Å². The van der Waals surface area contributed by atoms with E-state index >= 15 is 0 Å². The van der Waals surface area contributed by atoms with Gasteiger partial charge in [0.2, 0.25) is 0 Å². The first kappa shape index (κ1) is 12.1. The molecule has 0 bridgehead atoms. The second kappa shape index (κ2) is 5.70. The molecule has 0 spiro atoms. The summed E-state index contributed by atoms with van der Waals surface area (Å²) in [6, 6.07) is 0. The third kappa shape index (κ3) is 7.47. The number of hydrogen-bond donors (Lipinski definition) is 0. The Morgan fingerprint density at radius 2 is 1.38 bits per heavy atom. The lowest BCUT2D eigenvalue weighted by Gasteiger charge is -2.20. The largest absolute Gasteiger partial charge is 0.299 e. The van der Waals surface area contributed by atoms with Crippen LogP contribution in [0.1, 0.15) is 20.8 Å². The normalized spacial score (nSPS) is 10.2. The third-order valence-corrected chi connectivity index (χ3v) is 1.43. The lowest BCUT2D eigenvalue weighted by molar-refractivity contribution is -0.117. The highest BCUT2D eigenvalue weighted by atomic mass is 16.1. The van der Waals surface area contributed by atoms with Crippen LogP contribution < -0.4 is 0 Å². The van der Waals surface area contributed by atoms with Crippen molar-refractivity contribution >= 4 is 5.78 Å². The Balaban J connectivity index is 4.10. The molecule has 0 atom stereocenters. The predicted octanol–water partition coefficient (Wildman–Crippen LogP) is 2.03. The highest BCUT2D eigenvalue weighted by molar-refractivity contribution is 5.77. The quantitative estimate of drug-likeness (QED) is 0.584. The summed E-state index contributed by atoms with van der Waals surface area (Å²) in [6.07, 6.45) is 0. The van der Waals surface area contributed by atoms with Gasteiger partial charge in [-0.25, -0.2) is 0 Å². The molecular weight excluding hydrogens is 162 g/mol. The average molecular weight is 181 g/mol. The SMILES string of the molecule is C=C(C)CN(CC(=C)C)CC(C)=O. The summed E-state index contributed by atoms with van der Waals surface area (Å²) in [5, 5.41) is 0. The van der Waals surface area contributed by atoms with Crippen molar-refractivity contribution in [2.75, 3.05) is 19.6 Å².